The summed E-state index contributed by atoms with van der Waals surface area (Å²) in [5, 5.41) is 2.72. The SMILES string of the molecule is C[C@@H](OC(=O)c1ccc[nH]1)C(=O)NCc1ccccc1. The normalized spacial score (nSPS) is 11.7. The van der Waals surface area contributed by atoms with E-state index >= 15 is 0 Å². The van der Waals surface area contributed by atoms with Crippen molar-refractivity contribution in [3.05, 3.63) is 59.9 Å². The Hall–Kier alpha value is -2.56. The summed E-state index contributed by atoms with van der Waals surface area (Å²) in [6.07, 6.45) is 0.783. The first kappa shape index (κ1) is 13.9. The van der Waals surface area contributed by atoms with Crippen LogP contribution in [0, 0.1) is 0 Å². The van der Waals surface area contributed by atoms with E-state index in [-0.39, 0.29) is 5.91 Å². The lowest BCUT2D eigenvalue weighted by Crippen LogP contribution is -2.35. The number of carbonyl (C=O) groups is 2. The first-order valence-electron chi connectivity index (χ1n) is 6.33. The molecule has 2 rings (SSSR count). The van der Waals surface area contributed by atoms with Crippen molar-refractivity contribution in [1.82, 2.24) is 10.3 Å². The molecular weight excluding hydrogens is 256 g/mol. The van der Waals surface area contributed by atoms with Crippen LogP contribution >= 0.6 is 0 Å². The van der Waals surface area contributed by atoms with Gasteiger partial charge in [0.15, 0.2) is 6.10 Å². The molecule has 104 valence electrons. The number of nitrogens with one attached hydrogen (secondary N) is 2. The van der Waals surface area contributed by atoms with Gasteiger partial charge in [-0.15, -0.1) is 0 Å². The van der Waals surface area contributed by atoms with Crippen molar-refractivity contribution < 1.29 is 14.3 Å². The molecule has 0 saturated heterocycles. The van der Waals surface area contributed by atoms with Crippen LogP contribution in [-0.4, -0.2) is 23.0 Å². The van der Waals surface area contributed by atoms with Crippen LogP contribution in [0.5, 0.6) is 0 Å². The van der Waals surface area contributed by atoms with Gasteiger partial charge in [-0.3, -0.25) is 4.79 Å². The number of aromatic nitrogens is 1. The Kier molecular flexibility index (Phi) is 4.55. The van der Waals surface area contributed by atoms with Crippen LogP contribution in [0.25, 0.3) is 0 Å². The summed E-state index contributed by atoms with van der Waals surface area (Å²) in [6.45, 7) is 1.95. The summed E-state index contributed by atoms with van der Waals surface area (Å²) in [7, 11) is 0. The van der Waals surface area contributed by atoms with Crippen LogP contribution in [0.3, 0.4) is 0 Å². The summed E-state index contributed by atoms with van der Waals surface area (Å²) < 4.78 is 5.06. The number of rotatable bonds is 5. The molecule has 0 aliphatic rings. The van der Waals surface area contributed by atoms with Crippen molar-refractivity contribution in [2.45, 2.75) is 19.6 Å². The van der Waals surface area contributed by atoms with Gasteiger partial charge in [0.2, 0.25) is 0 Å². The molecule has 0 unspecified atom stereocenters. The van der Waals surface area contributed by atoms with E-state index in [1.165, 1.54) is 0 Å². The van der Waals surface area contributed by atoms with Crippen LogP contribution in [0.15, 0.2) is 48.7 Å². The van der Waals surface area contributed by atoms with E-state index in [1.807, 2.05) is 30.3 Å². The molecule has 5 nitrogen and oxygen atoms in total. The first-order valence-corrected chi connectivity index (χ1v) is 6.33. The third-order valence-electron chi connectivity index (χ3n) is 2.78. The number of esters is 1. The Morgan fingerprint density at radius 3 is 2.60 bits per heavy atom. The van der Waals surface area contributed by atoms with E-state index in [1.54, 1.807) is 25.3 Å². The van der Waals surface area contributed by atoms with Gasteiger partial charge in [-0.25, -0.2) is 4.79 Å². The zero-order chi connectivity index (χ0) is 14.4. The Morgan fingerprint density at radius 1 is 1.20 bits per heavy atom. The largest absolute Gasteiger partial charge is 0.448 e. The average molecular weight is 272 g/mol. The number of hydrogen-bond acceptors (Lipinski definition) is 3. The van der Waals surface area contributed by atoms with Crippen LogP contribution < -0.4 is 5.32 Å². The Morgan fingerprint density at radius 2 is 1.95 bits per heavy atom. The summed E-state index contributed by atoms with van der Waals surface area (Å²) >= 11 is 0. The minimum Gasteiger partial charge on any atom is -0.448 e. The molecule has 5 heteroatoms. The van der Waals surface area contributed by atoms with Crippen LogP contribution in [0.4, 0.5) is 0 Å². The maximum atomic E-state index is 11.8. The second-order valence-electron chi connectivity index (χ2n) is 4.33. The Bertz CT molecular complexity index is 564. The van der Waals surface area contributed by atoms with E-state index in [4.69, 9.17) is 4.74 Å². The topological polar surface area (TPSA) is 71.2 Å². The fraction of sp³-hybridized carbons (Fsp3) is 0.200. The van der Waals surface area contributed by atoms with Gasteiger partial charge in [-0.05, 0) is 24.6 Å². The monoisotopic (exact) mass is 272 g/mol. The predicted molar refractivity (Wildman–Crippen MR) is 74.0 cm³/mol. The molecule has 1 aromatic heterocycles. The molecule has 0 radical (unpaired) electrons. The first-order chi connectivity index (χ1) is 9.66. The minimum atomic E-state index is -0.838. The van der Waals surface area contributed by atoms with Crippen molar-refractivity contribution in [2.24, 2.45) is 0 Å². The Labute approximate surface area is 117 Å². The van der Waals surface area contributed by atoms with Gasteiger partial charge >= 0.3 is 5.97 Å². The number of aromatic amines is 1. The lowest BCUT2D eigenvalue weighted by molar-refractivity contribution is -0.129. The molecule has 0 saturated carbocycles. The van der Waals surface area contributed by atoms with Gasteiger partial charge in [0.1, 0.15) is 5.69 Å². The number of ether oxygens (including phenoxy) is 1. The van der Waals surface area contributed by atoms with E-state index in [9.17, 15) is 9.59 Å². The second kappa shape index (κ2) is 6.56. The minimum absolute atomic E-state index is 0.325. The van der Waals surface area contributed by atoms with Crippen LogP contribution in [0.1, 0.15) is 23.0 Å². The van der Waals surface area contributed by atoms with Crippen LogP contribution in [0.2, 0.25) is 0 Å². The van der Waals surface area contributed by atoms with Crippen molar-refractivity contribution >= 4 is 11.9 Å². The zero-order valence-electron chi connectivity index (χ0n) is 11.1. The second-order valence-corrected chi connectivity index (χ2v) is 4.33. The smallest absolute Gasteiger partial charge is 0.355 e. The molecule has 20 heavy (non-hydrogen) atoms. The molecule has 0 aliphatic carbocycles. The van der Waals surface area contributed by atoms with Gasteiger partial charge < -0.3 is 15.0 Å². The molecular formula is C15H16N2O3. The van der Waals surface area contributed by atoms with Crippen molar-refractivity contribution in [3.8, 4) is 0 Å². The molecule has 2 aromatic rings. The summed E-state index contributed by atoms with van der Waals surface area (Å²) in [4.78, 5) is 26.2. The number of amides is 1. The zero-order valence-corrected chi connectivity index (χ0v) is 11.1. The van der Waals surface area contributed by atoms with E-state index in [2.05, 4.69) is 10.3 Å². The summed E-state index contributed by atoms with van der Waals surface area (Å²) in [5.41, 5.74) is 1.32. The van der Waals surface area contributed by atoms with E-state index < -0.39 is 12.1 Å². The van der Waals surface area contributed by atoms with E-state index in [0.29, 0.717) is 12.2 Å². The highest BCUT2D eigenvalue weighted by Crippen LogP contribution is 2.02. The fourth-order valence-corrected chi connectivity index (χ4v) is 1.66. The van der Waals surface area contributed by atoms with Gasteiger partial charge in [-0.2, -0.15) is 0 Å². The molecule has 0 aliphatic heterocycles. The lowest BCUT2D eigenvalue weighted by atomic mass is 10.2. The van der Waals surface area contributed by atoms with Crippen LogP contribution in [-0.2, 0) is 16.1 Å². The molecule has 0 spiro atoms. The molecule has 1 atom stereocenters. The third kappa shape index (κ3) is 3.71. The van der Waals surface area contributed by atoms with Crippen molar-refractivity contribution in [3.63, 3.8) is 0 Å². The molecule has 1 aromatic carbocycles. The van der Waals surface area contributed by atoms with Gasteiger partial charge in [-0.1, -0.05) is 30.3 Å². The highest BCUT2D eigenvalue weighted by atomic mass is 16.5. The Balaban J connectivity index is 1.82. The number of carbonyl (C=O) groups excluding carboxylic acids is 2. The van der Waals surface area contributed by atoms with Gasteiger partial charge in [0.25, 0.3) is 5.91 Å². The summed E-state index contributed by atoms with van der Waals surface area (Å²) in [6, 6.07) is 12.8. The third-order valence-corrected chi connectivity index (χ3v) is 2.78. The standard InChI is InChI=1S/C15H16N2O3/c1-11(20-15(19)13-8-5-9-16-13)14(18)17-10-12-6-3-2-4-7-12/h2-9,11,16H,10H2,1H3,(H,17,18)/t11-/m1/s1. The molecule has 1 heterocycles. The van der Waals surface area contributed by atoms with Gasteiger partial charge in [0, 0.05) is 12.7 Å². The molecule has 0 fully saturated rings. The van der Waals surface area contributed by atoms with Gasteiger partial charge in [0.05, 0.1) is 0 Å². The summed E-state index contributed by atoms with van der Waals surface area (Å²) in [5.74, 6) is -0.869. The molecule has 2 N–H and O–H groups in total. The quantitative estimate of drug-likeness (QED) is 0.816. The average Bonchev–Trinajstić information content (AvgIpc) is 3.00. The number of benzene rings is 1. The maximum absolute atomic E-state index is 11.8. The fourth-order valence-electron chi connectivity index (χ4n) is 1.66. The van der Waals surface area contributed by atoms with E-state index in [0.717, 1.165) is 5.56 Å². The molecule has 1 amide bonds. The highest BCUT2D eigenvalue weighted by molar-refractivity contribution is 5.90. The van der Waals surface area contributed by atoms with Crippen molar-refractivity contribution in [2.75, 3.05) is 0 Å². The number of hydrogen-bond donors (Lipinski definition) is 2. The highest BCUT2D eigenvalue weighted by Gasteiger charge is 2.18. The predicted octanol–water partition coefficient (Wildman–Crippen LogP) is 1.88. The number of H-pyrrole nitrogens is 1. The lowest BCUT2D eigenvalue weighted by Gasteiger charge is -2.13. The van der Waals surface area contributed by atoms with Crippen molar-refractivity contribution in [1.29, 1.82) is 0 Å². The molecule has 0 bridgehead atoms. The maximum Gasteiger partial charge on any atom is 0.355 e.